The van der Waals surface area contributed by atoms with Gasteiger partial charge < -0.3 is 16.2 Å². The summed E-state index contributed by atoms with van der Waals surface area (Å²) in [5, 5.41) is 13.1. The molecule has 5 heteroatoms. The van der Waals surface area contributed by atoms with Crippen molar-refractivity contribution in [2.75, 3.05) is 0 Å². The molecule has 1 aliphatic rings. The Bertz CT molecular complexity index is 1220. The van der Waals surface area contributed by atoms with Crippen LogP contribution in [0.5, 0.6) is 0 Å². The fraction of sp³-hybridized carbons (Fsp3) is 0.154. The first-order valence-corrected chi connectivity index (χ1v) is 10.4. The predicted molar refractivity (Wildman–Crippen MR) is 127 cm³/mol. The molecule has 0 amide bonds. The van der Waals surface area contributed by atoms with E-state index >= 15 is 0 Å². The molecule has 4 N–H and O–H groups in total. The van der Waals surface area contributed by atoms with Gasteiger partial charge in [0.05, 0.1) is 12.2 Å². The molecule has 1 aliphatic heterocycles. The molecule has 154 valence electrons. The first-order chi connectivity index (χ1) is 15.2. The monoisotopic (exact) mass is 408 g/mol. The lowest BCUT2D eigenvalue weighted by molar-refractivity contribution is -0.0206. The Morgan fingerprint density at radius 3 is 1.65 bits per heavy atom. The molecule has 0 unspecified atom stereocenters. The maximum atomic E-state index is 6.60. The number of nitrogens with two attached hydrogens (primary N) is 2. The SMILES string of the molecule is NC(N)=NN=C1C[C@@H](c2ccc3ccccc3c2)O[C@@H](c2ccc3ccccc3c2)C1. The fourth-order valence-corrected chi connectivity index (χ4v) is 4.22. The second-order valence-corrected chi connectivity index (χ2v) is 7.93. The van der Waals surface area contributed by atoms with E-state index in [4.69, 9.17) is 16.2 Å². The Hall–Kier alpha value is -3.70. The minimum absolute atomic E-state index is 0.0384. The van der Waals surface area contributed by atoms with Gasteiger partial charge in [-0.1, -0.05) is 72.8 Å². The Morgan fingerprint density at radius 1 is 0.677 bits per heavy atom. The van der Waals surface area contributed by atoms with Crippen molar-refractivity contribution in [2.24, 2.45) is 21.7 Å². The van der Waals surface area contributed by atoms with Crippen molar-refractivity contribution in [3.05, 3.63) is 96.1 Å². The number of guanidine groups is 1. The third kappa shape index (κ3) is 4.13. The van der Waals surface area contributed by atoms with Gasteiger partial charge in [-0.25, -0.2) is 0 Å². The summed E-state index contributed by atoms with van der Waals surface area (Å²) in [5.41, 5.74) is 14.2. The van der Waals surface area contributed by atoms with Crippen LogP contribution in [0.4, 0.5) is 0 Å². The Morgan fingerprint density at radius 2 is 1.16 bits per heavy atom. The summed E-state index contributed by atoms with van der Waals surface area (Å²) in [6, 6.07) is 29.6. The molecule has 31 heavy (non-hydrogen) atoms. The number of hydrogen-bond acceptors (Lipinski definition) is 3. The number of hydrogen-bond donors (Lipinski definition) is 2. The topological polar surface area (TPSA) is 86.0 Å². The number of rotatable bonds is 3. The molecule has 2 atom stereocenters. The minimum Gasteiger partial charge on any atom is -0.369 e. The summed E-state index contributed by atoms with van der Waals surface area (Å²) in [6.07, 6.45) is 1.06. The van der Waals surface area contributed by atoms with Crippen molar-refractivity contribution in [2.45, 2.75) is 25.0 Å². The number of benzene rings is 4. The van der Waals surface area contributed by atoms with E-state index in [1.165, 1.54) is 21.5 Å². The van der Waals surface area contributed by atoms with E-state index in [0.717, 1.165) is 16.8 Å². The lowest BCUT2D eigenvalue weighted by atomic mass is 9.92. The van der Waals surface area contributed by atoms with Crippen LogP contribution in [0.25, 0.3) is 21.5 Å². The Balaban J connectivity index is 1.52. The minimum atomic E-state index is -0.122. The summed E-state index contributed by atoms with van der Waals surface area (Å²) < 4.78 is 6.60. The number of ether oxygens (including phenoxy) is 1. The van der Waals surface area contributed by atoms with Gasteiger partial charge in [-0.15, -0.1) is 5.10 Å². The lowest BCUT2D eigenvalue weighted by Crippen LogP contribution is -2.25. The second-order valence-electron chi connectivity index (χ2n) is 7.93. The standard InChI is InChI=1S/C26H24N4O/c27-26(28)30-29-23-15-24(21-11-9-17-5-1-3-7-19(17)13-21)31-25(16-23)22-12-10-18-6-2-4-8-20(18)14-22/h1-14,24-25H,15-16H2,(H4,27,28,30)/t24-,25+. The van der Waals surface area contributed by atoms with Crippen LogP contribution in [0, 0.1) is 0 Å². The highest BCUT2D eigenvalue weighted by molar-refractivity contribution is 5.89. The van der Waals surface area contributed by atoms with Crippen molar-refractivity contribution in [1.82, 2.24) is 0 Å². The molecule has 0 aliphatic carbocycles. The zero-order valence-corrected chi connectivity index (χ0v) is 17.1. The van der Waals surface area contributed by atoms with E-state index in [0.29, 0.717) is 12.8 Å². The van der Waals surface area contributed by atoms with Gasteiger partial charge >= 0.3 is 0 Å². The van der Waals surface area contributed by atoms with Gasteiger partial charge in [0, 0.05) is 18.6 Å². The van der Waals surface area contributed by atoms with Crippen LogP contribution in [-0.2, 0) is 4.74 Å². The van der Waals surface area contributed by atoms with Gasteiger partial charge in [0.1, 0.15) is 0 Å². The van der Waals surface area contributed by atoms with Crippen LogP contribution in [0.1, 0.15) is 36.2 Å². The molecule has 0 bridgehead atoms. The van der Waals surface area contributed by atoms with E-state index in [1.54, 1.807) is 0 Å². The molecular formula is C26H24N4O. The number of nitrogens with zero attached hydrogens (tertiary/aromatic N) is 2. The van der Waals surface area contributed by atoms with Gasteiger partial charge in [-0.3, -0.25) is 0 Å². The summed E-state index contributed by atoms with van der Waals surface area (Å²) >= 11 is 0. The highest BCUT2D eigenvalue weighted by Gasteiger charge is 2.29. The van der Waals surface area contributed by atoms with Crippen LogP contribution < -0.4 is 11.5 Å². The van der Waals surface area contributed by atoms with Gasteiger partial charge in [0.15, 0.2) is 0 Å². The van der Waals surface area contributed by atoms with Crippen molar-refractivity contribution in [3.63, 3.8) is 0 Å². The second kappa shape index (κ2) is 8.20. The first-order valence-electron chi connectivity index (χ1n) is 10.4. The van der Waals surface area contributed by atoms with E-state index in [9.17, 15) is 0 Å². The maximum absolute atomic E-state index is 6.60. The molecule has 4 aromatic carbocycles. The highest BCUT2D eigenvalue weighted by atomic mass is 16.5. The molecule has 1 saturated heterocycles. The third-order valence-corrected chi connectivity index (χ3v) is 5.77. The van der Waals surface area contributed by atoms with E-state index in [1.807, 2.05) is 0 Å². The Labute approximate surface area is 181 Å². The van der Waals surface area contributed by atoms with Crippen molar-refractivity contribution >= 4 is 33.2 Å². The molecule has 5 rings (SSSR count). The van der Waals surface area contributed by atoms with Gasteiger partial charge in [0.2, 0.25) is 5.96 Å². The van der Waals surface area contributed by atoms with Crippen LogP contribution in [0.2, 0.25) is 0 Å². The average Bonchev–Trinajstić information content (AvgIpc) is 2.82. The molecule has 4 aromatic rings. The van der Waals surface area contributed by atoms with Gasteiger partial charge in [-0.05, 0) is 44.8 Å². The van der Waals surface area contributed by atoms with E-state index in [2.05, 4.69) is 95.1 Å². The van der Waals surface area contributed by atoms with Gasteiger partial charge in [-0.2, -0.15) is 5.10 Å². The summed E-state index contributed by atoms with van der Waals surface area (Å²) in [4.78, 5) is 0. The molecule has 0 radical (unpaired) electrons. The summed E-state index contributed by atoms with van der Waals surface area (Å²) in [6.45, 7) is 0. The van der Waals surface area contributed by atoms with E-state index in [-0.39, 0.29) is 18.2 Å². The maximum Gasteiger partial charge on any atom is 0.211 e. The Kier molecular flexibility index (Phi) is 5.10. The van der Waals surface area contributed by atoms with Crippen LogP contribution in [-0.4, -0.2) is 11.7 Å². The quantitative estimate of drug-likeness (QED) is 0.277. The van der Waals surface area contributed by atoms with Crippen LogP contribution in [0.15, 0.2) is 95.1 Å². The number of fused-ring (bicyclic) bond motifs is 2. The molecule has 1 fully saturated rings. The predicted octanol–water partition coefficient (Wildman–Crippen LogP) is 5.22. The van der Waals surface area contributed by atoms with Crippen molar-refractivity contribution < 1.29 is 4.74 Å². The van der Waals surface area contributed by atoms with Gasteiger partial charge in [0.25, 0.3) is 0 Å². The fourth-order valence-electron chi connectivity index (χ4n) is 4.22. The summed E-state index contributed by atoms with van der Waals surface area (Å²) in [5.74, 6) is -0.0384. The highest BCUT2D eigenvalue weighted by Crippen LogP contribution is 2.39. The van der Waals surface area contributed by atoms with Crippen molar-refractivity contribution in [1.29, 1.82) is 0 Å². The molecule has 0 saturated carbocycles. The molecule has 0 spiro atoms. The largest absolute Gasteiger partial charge is 0.369 e. The molecule has 0 aromatic heterocycles. The molecular weight excluding hydrogens is 384 g/mol. The zero-order chi connectivity index (χ0) is 21.2. The van der Waals surface area contributed by atoms with Crippen LogP contribution >= 0.6 is 0 Å². The third-order valence-electron chi connectivity index (χ3n) is 5.77. The molecule has 1 heterocycles. The van der Waals surface area contributed by atoms with Crippen LogP contribution in [0.3, 0.4) is 0 Å². The zero-order valence-electron chi connectivity index (χ0n) is 17.1. The first kappa shape index (κ1) is 19.3. The smallest absolute Gasteiger partial charge is 0.211 e. The van der Waals surface area contributed by atoms with Crippen molar-refractivity contribution in [3.8, 4) is 0 Å². The summed E-state index contributed by atoms with van der Waals surface area (Å²) in [7, 11) is 0. The lowest BCUT2D eigenvalue weighted by Gasteiger charge is -2.31. The van der Waals surface area contributed by atoms with E-state index < -0.39 is 0 Å². The molecule has 5 nitrogen and oxygen atoms in total. The average molecular weight is 409 g/mol. The normalized spacial score (nSPS) is 20.2.